The van der Waals surface area contributed by atoms with Crippen LogP contribution in [0.5, 0.6) is 0 Å². The van der Waals surface area contributed by atoms with Crippen molar-refractivity contribution in [1.29, 1.82) is 0 Å². The van der Waals surface area contributed by atoms with Gasteiger partial charge in [0.25, 0.3) is 0 Å². The summed E-state index contributed by atoms with van der Waals surface area (Å²) in [6.45, 7) is 0. The first-order valence-corrected chi connectivity index (χ1v) is 9.30. The summed E-state index contributed by atoms with van der Waals surface area (Å²) in [5.74, 6) is 0. The molecule has 0 radical (unpaired) electrons. The zero-order valence-corrected chi connectivity index (χ0v) is 13.1. The molecule has 0 aliphatic rings. The van der Waals surface area contributed by atoms with Crippen molar-refractivity contribution in [2.45, 2.75) is 10.1 Å². The Morgan fingerprint density at radius 2 is 1.76 bits per heavy atom. The van der Waals surface area contributed by atoms with Gasteiger partial charge in [0.2, 0.25) is 5.16 Å². The molecule has 2 heterocycles. The van der Waals surface area contributed by atoms with Crippen molar-refractivity contribution in [3.8, 4) is 11.3 Å². The fraction of sp³-hybridized carbons (Fsp3) is 0.143. The van der Waals surface area contributed by atoms with Crippen LogP contribution >= 0.6 is 0 Å². The summed E-state index contributed by atoms with van der Waals surface area (Å²) in [5.41, 5.74) is 2.46. The second-order valence-electron chi connectivity index (χ2n) is 4.50. The van der Waals surface area contributed by atoms with Gasteiger partial charge in [0.1, 0.15) is 0 Å². The molecule has 7 heteroatoms. The van der Waals surface area contributed by atoms with Crippen LogP contribution in [0.4, 0.5) is 0 Å². The van der Waals surface area contributed by atoms with E-state index in [1.807, 2.05) is 36.4 Å². The van der Waals surface area contributed by atoms with Crippen LogP contribution in [0.2, 0.25) is 0 Å². The van der Waals surface area contributed by atoms with E-state index in [2.05, 4.69) is 10.1 Å². The first-order valence-electron chi connectivity index (χ1n) is 6.19. The van der Waals surface area contributed by atoms with Gasteiger partial charge in [-0.15, -0.1) is 5.10 Å². The first-order chi connectivity index (χ1) is 10.1. The lowest BCUT2D eigenvalue weighted by Gasteiger charge is -2.07. The lowest BCUT2D eigenvalue weighted by atomic mass is 10.1. The Balaban J connectivity index is 2.28. The van der Waals surface area contributed by atoms with Crippen LogP contribution in [0.15, 0.2) is 52.6 Å². The second kappa shape index (κ2) is 5.50. The predicted octanol–water partition coefficient (Wildman–Crippen LogP) is 1.87. The maximum absolute atomic E-state index is 11.9. The summed E-state index contributed by atoms with van der Waals surface area (Å²) >= 11 is 0. The van der Waals surface area contributed by atoms with E-state index in [1.165, 1.54) is 0 Å². The number of nitrogens with zero attached hydrogens (tertiary/aromatic N) is 3. The SMILES string of the molecule is CS(=O)c1ncc2ccc(-c3ccccc3S(C)=O)n2n1. The smallest absolute Gasteiger partial charge is 0.237 e. The molecule has 21 heavy (non-hydrogen) atoms. The third-order valence-electron chi connectivity index (χ3n) is 3.11. The highest BCUT2D eigenvalue weighted by molar-refractivity contribution is 7.84. The van der Waals surface area contributed by atoms with Crippen LogP contribution in [0.3, 0.4) is 0 Å². The Morgan fingerprint density at radius 3 is 2.48 bits per heavy atom. The van der Waals surface area contributed by atoms with Gasteiger partial charge in [0.15, 0.2) is 0 Å². The molecule has 0 bridgehead atoms. The van der Waals surface area contributed by atoms with Gasteiger partial charge < -0.3 is 0 Å². The molecule has 2 unspecified atom stereocenters. The number of aromatic nitrogens is 3. The number of hydrogen-bond donors (Lipinski definition) is 0. The van der Waals surface area contributed by atoms with Crippen molar-refractivity contribution >= 4 is 27.1 Å². The van der Waals surface area contributed by atoms with E-state index in [1.54, 1.807) is 23.2 Å². The maximum Gasteiger partial charge on any atom is 0.237 e. The summed E-state index contributed by atoms with van der Waals surface area (Å²) in [5, 5.41) is 4.59. The average molecular weight is 319 g/mol. The van der Waals surface area contributed by atoms with E-state index < -0.39 is 21.6 Å². The van der Waals surface area contributed by atoms with Crippen LogP contribution in [0.25, 0.3) is 16.8 Å². The van der Waals surface area contributed by atoms with Crippen molar-refractivity contribution in [1.82, 2.24) is 14.6 Å². The first kappa shape index (κ1) is 14.1. The van der Waals surface area contributed by atoms with Gasteiger partial charge in [-0.2, -0.15) is 0 Å². The number of benzene rings is 1. The molecule has 3 rings (SSSR count). The van der Waals surface area contributed by atoms with Gasteiger partial charge >= 0.3 is 0 Å². The van der Waals surface area contributed by atoms with Crippen LogP contribution < -0.4 is 0 Å². The van der Waals surface area contributed by atoms with E-state index in [-0.39, 0.29) is 5.16 Å². The van der Waals surface area contributed by atoms with Crippen LogP contribution in [0.1, 0.15) is 0 Å². The minimum Gasteiger partial charge on any atom is -0.255 e. The second-order valence-corrected chi connectivity index (χ2v) is 7.12. The number of fused-ring (bicyclic) bond motifs is 1. The van der Waals surface area contributed by atoms with Crippen molar-refractivity contribution < 1.29 is 8.42 Å². The molecule has 0 spiro atoms. The predicted molar refractivity (Wildman–Crippen MR) is 83.1 cm³/mol. The Labute approximate surface area is 126 Å². The lowest BCUT2D eigenvalue weighted by molar-refractivity contribution is 0.672. The summed E-state index contributed by atoms with van der Waals surface area (Å²) < 4.78 is 25.1. The Kier molecular flexibility index (Phi) is 3.69. The molecule has 0 aliphatic carbocycles. The lowest BCUT2D eigenvalue weighted by Crippen LogP contribution is -2.04. The molecule has 2 atom stereocenters. The number of rotatable bonds is 3. The molecular formula is C14H13N3O2S2. The summed E-state index contributed by atoms with van der Waals surface area (Å²) in [6.07, 6.45) is 4.83. The van der Waals surface area contributed by atoms with E-state index in [0.29, 0.717) is 0 Å². The molecule has 108 valence electrons. The third-order valence-corrected chi connectivity index (χ3v) is 4.78. The van der Waals surface area contributed by atoms with Gasteiger partial charge in [0.05, 0.1) is 39.0 Å². The van der Waals surface area contributed by atoms with Crippen LogP contribution in [-0.4, -0.2) is 35.5 Å². The quantitative estimate of drug-likeness (QED) is 0.739. The van der Waals surface area contributed by atoms with Crippen LogP contribution in [0, 0.1) is 0 Å². The fourth-order valence-electron chi connectivity index (χ4n) is 2.15. The highest BCUT2D eigenvalue weighted by Crippen LogP contribution is 2.27. The molecule has 2 aromatic heterocycles. The molecule has 0 fully saturated rings. The summed E-state index contributed by atoms with van der Waals surface area (Å²) in [6, 6.07) is 11.3. The average Bonchev–Trinajstić information content (AvgIpc) is 2.89. The minimum absolute atomic E-state index is 0.273. The topological polar surface area (TPSA) is 64.3 Å². The zero-order valence-electron chi connectivity index (χ0n) is 11.5. The molecule has 0 saturated carbocycles. The van der Waals surface area contributed by atoms with Crippen molar-refractivity contribution in [2.24, 2.45) is 0 Å². The van der Waals surface area contributed by atoms with E-state index in [4.69, 9.17) is 0 Å². The minimum atomic E-state index is -1.25. The van der Waals surface area contributed by atoms with E-state index in [9.17, 15) is 8.42 Å². The van der Waals surface area contributed by atoms with Gasteiger partial charge in [-0.3, -0.25) is 8.42 Å². The van der Waals surface area contributed by atoms with Gasteiger partial charge in [-0.1, -0.05) is 18.2 Å². The molecule has 0 N–H and O–H groups in total. The fourth-order valence-corrected chi connectivity index (χ4v) is 3.30. The van der Waals surface area contributed by atoms with E-state index in [0.717, 1.165) is 21.7 Å². The maximum atomic E-state index is 11.9. The molecule has 1 aromatic carbocycles. The van der Waals surface area contributed by atoms with Gasteiger partial charge in [-0.05, 0) is 18.2 Å². The molecule has 0 saturated heterocycles. The molecule has 0 aliphatic heterocycles. The van der Waals surface area contributed by atoms with Gasteiger partial charge in [0, 0.05) is 23.0 Å². The molecule has 0 amide bonds. The Bertz CT molecular complexity index is 874. The Morgan fingerprint density at radius 1 is 1.00 bits per heavy atom. The standard InChI is InChI=1S/C14H13N3O2S2/c1-20(18)13-6-4-3-5-11(13)12-8-7-10-9-15-14(21(2)19)16-17(10)12/h3-9H,1-2H3. The van der Waals surface area contributed by atoms with Crippen molar-refractivity contribution in [3.05, 3.63) is 42.6 Å². The van der Waals surface area contributed by atoms with E-state index >= 15 is 0 Å². The highest BCUT2D eigenvalue weighted by atomic mass is 32.2. The van der Waals surface area contributed by atoms with Gasteiger partial charge in [-0.25, -0.2) is 9.50 Å². The Hall–Kier alpha value is -1.86. The normalized spacial score (nSPS) is 14.2. The number of hydrogen-bond acceptors (Lipinski definition) is 4. The zero-order chi connectivity index (χ0) is 15.0. The summed E-state index contributed by atoms with van der Waals surface area (Å²) in [7, 11) is -2.35. The van der Waals surface area contributed by atoms with Crippen molar-refractivity contribution in [3.63, 3.8) is 0 Å². The molecule has 3 aromatic rings. The third kappa shape index (κ3) is 2.54. The molecule has 5 nitrogen and oxygen atoms in total. The molecular weight excluding hydrogens is 306 g/mol. The summed E-state index contributed by atoms with van der Waals surface area (Å²) in [4.78, 5) is 4.82. The monoisotopic (exact) mass is 319 g/mol. The largest absolute Gasteiger partial charge is 0.255 e. The van der Waals surface area contributed by atoms with Crippen molar-refractivity contribution in [2.75, 3.05) is 12.5 Å². The van der Waals surface area contributed by atoms with Crippen LogP contribution in [-0.2, 0) is 21.6 Å². The highest BCUT2D eigenvalue weighted by Gasteiger charge is 2.13.